The summed E-state index contributed by atoms with van der Waals surface area (Å²) in [4.78, 5) is 4.51. The Labute approximate surface area is 151 Å². The van der Waals surface area contributed by atoms with E-state index in [4.69, 9.17) is 0 Å². The van der Waals surface area contributed by atoms with Crippen LogP contribution in [0.1, 0.15) is 17.5 Å². The SMILES string of the molecule is CN(C)[C@]1(c2ccccc2)CCN(CC=Cc2ccccc2)C[C@H]1O. The van der Waals surface area contributed by atoms with Gasteiger partial charge < -0.3 is 5.11 Å². The van der Waals surface area contributed by atoms with Crippen molar-refractivity contribution in [2.75, 3.05) is 33.7 Å². The van der Waals surface area contributed by atoms with Gasteiger partial charge in [0.25, 0.3) is 0 Å². The number of likely N-dealkylation sites (N-methyl/N-ethyl adjacent to an activating group) is 1. The summed E-state index contributed by atoms with van der Waals surface area (Å²) >= 11 is 0. The first-order valence-electron chi connectivity index (χ1n) is 8.98. The maximum atomic E-state index is 11.0. The largest absolute Gasteiger partial charge is 0.389 e. The van der Waals surface area contributed by atoms with Crippen molar-refractivity contribution >= 4 is 6.08 Å². The summed E-state index contributed by atoms with van der Waals surface area (Å²) in [5, 5.41) is 11.0. The van der Waals surface area contributed by atoms with Gasteiger partial charge in [0, 0.05) is 19.6 Å². The third-order valence-electron chi connectivity index (χ3n) is 5.34. The van der Waals surface area contributed by atoms with Crippen molar-refractivity contribution in [1.82, 2.24) is 9.80 Å². The molecule has 1 saturated heterocycles. The minimum atomic E-state index is -0.413. The van der Waals surface area contributed by atoms with Gasteiger partial charge >= 0.3 is 0 Å². The third-order valence-corrected chi connectivity index (χ3v) is 5.34. The zero-order chi connectivity index (χ0) is 17.7. The number of hydrogen-bond acceptors (Lipinski definition) is 3. The molecular formula is C22H28N2O. The van der Waals surface area contributed by atoms with Crippen LogP contribution in [-0.4, -0.2) is 54.7 Å². The number of aliphatic hydroxyl groups excluding tert-OH is 1. The Morgan fingerprint density at radius 2 is 1.72 bits per heavy atom. The number of nitrogens with zero attached hydrogens (tertiary/aromatic N) is 2. The lowest BCUT2D eigenvalue weighted by atomic mass is 9.77. The van der Waals surface area contributed by atoms with E-state index in [0.29, 0.717) is 6.54 Å². The minimum absolute atomic E-state index is 0.305. The second-order valence-electron chi connectivity index (χ2n) is 7.02. The molecule has 25 heavy (non-hydrogen) atoms. The molecule has 3 nitrogen and oxygen atoms in total. The first-order valence-corrected chi connectivity index (χ1v) is 8.98. The van der Waals surface area contributed by atoms with Gasteiger partial charge in [0.15, 0.2) is 0 Å². The summed E-state index contributed by atoms with van der Waals surface area (Å²) in [6.07, 6.45) is 4.85. The second-order valence-corrected chi connectivity index (χ2v) is 7.02. The zero-order valence-electron chi connectivity index (χ0n) is 15.2. The number of β-amino-alcohol motifs (C(OH)–C–C–N with tert-alkyl or cyclic N) is 1. The van der Waals surface area contributed by atoms with Gasteiger partial charge in [0.2, 0.25) is 0 Å². The van der Waals surface area contributed by atoms with Crippen LogP contribution in [0.3, 0.4) is 0 Å². The number of likely N-dealkylation sites (tertiary alicyclic amines) is 1. The molecule has 1 aliphatic heterocycles. The van der Waals surface area contributed by atoms with E-state index >= 15 is 0 Å². The van der Waals surface area contributed by atoms with Crippen LogP contribution in [0.2, 0.25) is 0 Å². The minimum Gasteiger partial charge on any atom is -0.389 e. The van der Waals surface area contributed by atoms with Gasteiger partial charge in [-0.15, -0.1) is 0 Å². The third kappa shape index (κ3) is 3.84. The van der Waals surface area contributed by atoms with Gasteiger partial charge in [0.1, 0.15) is 0 Å². The summed E-state index contributed by atoms with van der Waals surface area (Å²) in [6.45, 7) is 2.53. The van der Waals surface area contributed by atoms with Crippen molar-refractivity contribution in [2.24, 2.45) is 0 Å². The highest BCUT2D eigenvalue weighted by Gasteiger charge is 2.45. The van der Waals surface area contributed by atoms with Crippen LogP contribution < -0.4 is 0 Å². The Balaban J connectivity index is 1.68. The smallest absolute Gasteiger partial charge is 0.0892 e. The summed E-state index contributed by atoms with van der Waals surface area (Å²) in [5.74, 6) is 0. The maximum absolute atomic E-state index is 11.0. The molecular weight excluding hydrogens is 308 g/mol. The van der Waals surface area contributed by atoms with Gasteiger partial charge in [-0.2, -0.15) is 0 Å². The van der Waals surface area contributed by atoms with Gasteiger partial charge in [0.05, 0.1) is 11.6 Å². The molecule has 2 aromatic rings. The predicted octanol–water partition coefficient (Wildman–Crippen LogP) is 3.22. The molecule has 3 heteroatoms. The van der Waals surface area contributed by atoms with E-state index in [1.54, 1.807) is 0 Å². The highest BCUT2D eigenvalue weighted by molar-refractivity contribution is 5.48. The van der Waals surface area contributed by atoms with E-state index in [2.05, 4.69) is 84.6 Å². The molecule has 0 bridgehead atoms. The molecule has 0 aliphatic carbocycles. The lowest BCUT2D eigenvalue weighted by molar-refractivity contribution is -0.0658. The molecule has 0 unspecified atom stereocenters. The van der Waals surface area contributed by atoms with Gasteiger partial charge in [-0.1, -0.05) is 72.8 Å². The quantitative estimate of drug-likeness (QED) is 0.908. The molecule has 0 radical (unpaired) electrons. The summed E-state index contributed by atoms with van der Waals surface area (Å²) < 4.78 is 0. The number of rotatable bonds is 5. The van der Waals surface area contributed by atoms with Crippen LogP contribution in [0.5, 0.6) is 0 Å². The summed E-state index contributed by atoms with van der Waals surface area (Å²) in [7, 11) is 4.14. The van der Waals surface area contributed by atoms with E-state index in [1.165, 1.54) is 11.1 Å². The van der Waals surface area contributed by atoms with Crippen LogP contribution in [0.15, 0.2) is 66.7 Å². The first-order chi connectivity index (χ1) is 12.1. The Bertz CT molecular complexity index is 684. The molecule has 2 aromatic carbocycles. The molecule has 0 spiro atoms. The fourth-order valence-electron chi connectivity index (χ4n) is 3.89. The molecule has 2 atom stereocenters. The summed E-state index contributed by atoms with van der Waals surface area (Å²) in [6, 6.07) is 20.8. The van der Waals surface area contributed by atoms with Crippen molar-refractivity contribution in [3.05, 3.63) is 77.9 Å². The Hall–Kier alpha value is -1.94. The van der Waals surface area contributed by atoms with Crippen molar-refractivity contribution in [3.63, 3.8) is 0 Å². The fraction of sp³-hybridized carbons (Fsp3) is 0.364. The molecule has 132 valence electrons. The van der Waals surface area contributed by atoms with E-state index in [-0.39, 0.29) is 5.54 Å². The Morgan fingerprint density at radius 3 is 2.32 bits per heavy atom. The molecule has 1 N–H and O–H groups in total. The highest BCUT2D eigenvalue weighted by Crippen LogP contribution is 2.37. The molecule has 3 rings (SSSR count). The molecule has 0 amide bonds. The van der Waals surface area contributed by atoms with E-state index < -0.39 is 6.10 Å². The zero-order valence-corrected chi connectivity index (χ0v) is 15.2. The lowest BCUT2D eigenvalue weighted by Gasteiger charge is -2.49. The second kappa shape index (κ2) is 7.96. The lowest BCUT2D eigenvalue weighted by Crippen LogP contribution is -2.60. The fourth-order valence-corrected chi connectivity index (χ4v) is 3.89. The molecule has 1 fully saturated rings. The average Bonchev–Trinajstić information content (AvgIpc) is 2.63. The van der Waals surface area contributed by atoms with E-state index in [1.807, 2.05) is 12.1 Å². The standard InChI is InChI=1S/C22H28N2O/c1-23(2)22(20-13-7-4-8-14-20)15-17-24(18-21(22)25)16-9-12-19-10-5-3-6-11-19/h3-14,21,25H,15-18H2,1-2H3/t21-,22+/m1/s1. The van der Waals surface area contributed by atoms with Crippen LogP contribution in [0.4, 0.5) is 0 Å². The number of piperidine rings is 1. The summed E-state index contributed by atoms with van der Waals surface area (Å²) in [5.41, 5.74) is 2.11. The van der Waals surface area contributed by atoms with Gasteiger partial charge in [-0.05, 0) is 31.6 Å². The van der Waals surface area contributed by atoms with Crippen molar-refractivity contribution in [1.29, 1.82) is 0 Å². The van der Waals surface area contributed by atoms with Crippen LogP contribution >= 0.6 is 0 Å². The number of benzene rings is 2. The van der Waals surface area contributed by atoms with Crippen molar-refractivity contribution in [2.45, 2.75) is 18.1 Å². The molecule has 1 aliphatic rings. The van der Waals surface area contributed by atoms with Gasteiger partial charge in [-0.25, -0.2) is 0 Å². The average molecular weight is 336 g/mol. The molecule has 0 aromatic heterocycles. The normalized spacial score (nSPS) is 24.9. The van der Waals surface area contributed by atoms with Crippen LogP contribution in [-0.2, 0) is 5.54 Å². The number of hydrogen-bond donors (Lipinski definition) is 1. The van der Waals surface area contributed by atoms with Crippen molar-refractivity contribution < 1.29 is 5.11 Å². The van der Waals surface area contributed by atoms with Crippen LogP contribution in [0, 0.1) is 0 Å². The van der Waals surface area contributed by atoms with Crippen LogP contribution in [0.25, 0.3) is 6.08 Å². The Kier molecular flexibility index (Phi) is 5.69. The monoisotopic (exact) mass is 336 g/mol. The topological polar surface area (TPSA) is 26.7 Å². The van der Waals surface area contributed by atoms with E-state index in [0.717, 1.165) is 19.5 Å². The Morgan fingerprint density at radius 1 is 1.08 bits per heavy atom. The first kappa shape index (κ1) is 17.9. The van der Waals surface area contributed by atoms with Crippen molar-refractivity contribution in [3.8, 4) is 0 Å². The van der Waals surface area contributed by atoms with E-state index in [9.17, 15) is 5.11 Å². The molecule has 0 saturated carbocycles. The number of aliphatic hydroxyl groups is 1. The molecule has 1 heterocycles. The highest BCUT2D eigenvalue weighted by atomic mass is 16.3. The predicted molar refractivity (Wildman–Crippen MR) is 104 cm³/mol. The maximum Gasteiger partial charge on any atom is 0.0892 e. The van der Waals surface area contributed by atoms with Gasteiger partial charge in [-0.3, -0.25) is 9.80 Å².